The molecule has 4 rings (SSSR count). The molecule has 2 aromatic heterocycles. The maximum absolute atomic E-state index is 9.20. The van der Waals surface area contributed by atoms with E-state index >= 15 is 0 Å². The summed E-state index contributed by atoms with van der Waals surface area (Å²) in [6, 6.07) is 4.48. The van der Waals surface area contributed by atoms with Gasteiger partial charge in [0.2, 0.25) is 0 Å². The number of aromatic nitrogens is 3. The Morgan fingerprint density at radius 3 is 3.15 bits per heavy atom. The molecule has 2 aromatic rings. The molecule has 1 saturated carbocycles. The van der Waals surface area contributed by atoms with Crippen molar-refractivity contribution in [3.05, 3.63) is 18.1 Å². The van der Waals surface area contributed by atoms with Crippen molar-refractivity contribution in [2.45, 2.75) is 12.8 Å². The van der Waals surface area contributed by atoms with Crippen LogP contribution in [-0.2, 0) is 0 Å². The summed E-state index contributed by atoms with van der Waals surface area (Å²) in [6.45, 7) is 1.78. The van der Waals surface area contributed by atoms with Gasteiger partial charge in [-0.2, -0.15) is 10.5 Å². The highest BCUT2D eigenvalue weighted by Crippen LogP contribution is 2.60. The second-order valence-electron chi connectivity index (χ2n) is 5.71. The van der Waals surface area contributed by atoms with E-state index < -0.39 is 0 Å². The van der Waals surface area contributed by atoms with E-state index in [9.17, 15) is 5.26 Å². The Kier molecular flexibility index (Phi) is 2.08. The largest absolute Gasteiger partial charge is 0.355 e. The normalized spacial score (nSPS) is 27.1. The smallest absolute Gasteiger partial charge is 0.144 e. The summed E-state index contributed by atoms with van der Waals surface area (Å²) in [6.07, 6.45) is 4.95. The van der Waals surface area contributed by atoms with E-state index in [0.717, 1.165) is 30.7 Å². The monoisotopic (exact) mass is 264 g/mol. The lowest BCUT2D eigenvalue weighted by molar-refractivity contribution is 0.544. The summed E-state index contributed by atoms with van der Waals surface area (Å²) in [5, 5.41) is 18.9. The van der Waals surface area contributed by atoms with Crippen LogP contribution in [0.4, 0.5) is 5.82 Å². The SMILES string of the molecule is N#CCC12CC1CN(c1ncnc3[nH]cc(C#N)c13)C2. The quantitative estimate of drug-likeness (QED) is 0.888. The molecule has 1 aliphatic heterocycles. The molecule has 1 saturated heterocycles. The molecule has 20 heavy (non-hydrogen) atoms. The zero-order valence-electron chi connectivity index (χ0n) is 10.8. The number of nitrogens with one attached hydrogen (secondary N) is 1. The third-order valence-corrected chi connectivity index (χ3v) is 4.61. The number of H-pyrrole nitrogens is 1. The maximum atomic E-state index is 9.20. The molecule has 0 radical (unpaired) electrons. The molecule has 0 spiro atoms. The fraction of sp³-hybridized carbons (Fsp3) is 0.429. The molecular weight excluding hydrogens is 252 g/mol. The second kappa shape index (κ2) is 3.71. The Balaban J connectivity index is 1.76. The first-order valence-electron chi connectivity index (χ1n) is 6.61. The first kappa shape index (κ1) is 11.2. The van der Waals surface area contributed by atoms with Gasteiger partial charge in [-0.3, -0.25) is 0 Å². The predicted octanol–water partition coefficient (Wildman–Crippen LogP) is 1.57. The van der Waals surface area contributed by atoms with Crippen molar-refractivity contribution in [1.29, 1.82) is 10.5 Å². The third-order valence-electron chi connectivity index (χ3n) is 4.61. The predicted molar refractivity (Wildman–Crippen MR) is 71.6 cm³/mol. The van der Waals surface area contributed by atoms with Crippen molar-refractivity contribution in [3.8, 4) is 12.1 Å². The van der Waals surface area contributed by atoms with Gasteiger partial charge in [0, 0.05) is 31.1 Å². The number of aromatic amines is 1. The van der Waals surface area contributed by atoms with E-state index in [0.29, 0.717) is 23.5 Å². The van der Waals surface area contributed by atoms with Crippen molar-refractivity contribution in [1.82, 2.24) is 15.0 Å². The Labute approximate surface area is 115 Å². The number of fused-ring (bicyclic) bond motifs is 2. The number of hydrogen-bond acceptors (Lipinski definition) is 5. The summed E-state index contributed by atoms with van der Waals surface area (Å²) < 4.78 is 0. The van der Waals surface area contributed by atoms with Crippen LogP contribution in [0, 0.1) is 34.0 Å². The minimum absolute atomic E-state index is 0.162. The number of piperidine rings is 1. The molecular formula is C14H12N6. The average Bonchev–Trinajstić information content (AvgIpc) is 2.86. The molecule has 2 unspecified atom stereocenters. The second-order valence-corrected chi connectivity index (χ2v) is 5.71. The highest BCUT2D eigenvalue weighted by Gasteiger charge is 2.60. The van der Waals surface area contributed by atoms with Gasteiger partial charge in [-0.25, -0.2) is 9.97 Å². The molecule has 98 valence electrons. The van der Waals surface area contributed by atoms with Gasteiger partial charge in [0.15, 0.2) is 0 Å². The van der Waals surface area contributed by atoms with Crippen LogP contribution in [-0.4, -0.2) is 28.0 Å². The van der Waals surface area contributed by atoms with Crippen molar-refractivity contribution in [2.75, 3.05) is 18.0 Å². The standard InChI is InChI=1S/C14H12N6/c15-2-1-14-3-10(14)6-20(7-14)13-11-9(4-16)5-17-12(11)18-8-19-13/h5,8,10H,1,3,6-7H2,(H,17,18,19). The number of nitrogens with zero attached hydrogens (tertiary/aromatic N) is 5. The zero-order chi connectivity index (χ0) is 13.7. The molecule has 1 aliphatic carbocycles. The Bertz CT molecular complexity index is 779. The molecule has 3 heterocycles. The molecule has 6 nitrogen and oxygen atoms in total. The molecule has 1 N–H and O–H groups in total. The van der Waals surface area contributed by atoms with Crippen LogP contribution in [0.3, 0.4) is 0 Å². The van der Waals surface area contributed by atoms with Crippen LogP contribution in [0.5, 0.6) is 0 Å². The lowest BCUT2D eigenvalue weighted by atomic mass is 10.0. The first-order chi connectivity index (χ1) is 9.77. The van der Waals surface area contributed by atoms with Gasteiger partial charge in [0.25, 0.3) is 0 Å². The van der Waals surface area contributed by atoms with Gasteiger partial charge < -0.3 is 9.88 Å². The summed E-state index contributed by atoms with van der Waals surface area (Å²) in [5.41, 5.74) is 1.43. The Morgan fingerprint density at radius 2 is 2.35 bits per heavy atom. The Morgan fingerprint density at radius 1 is 1.45 bits per heavy atom. The number of nitriles is 2. The minimum Gasteiger partial charge on any atom is -0.355 e. The van der Waals surface area contributed by atoms with Gasteiger partial charge in [0.1, 0.15) is 23.9 Å². The van der Waals surface area contributed by atoms with Gasteiger partial charge in [-0.1, -0.05) is 0 Å². The van der Waals surface area contributed by atoms with Crippen LogP contribution in [0.1, 0.15) is 18.4 Å². The topological polar surface area (TPSA) is 92.4 Å². The van der Waals surface area contributed by atoms with Crippen LogP contribution in [0.15, 0.2) is 12.5 Å². The fourth-order valence-electron chi connectivity index (χ4n) is 3.46. The van der Waals surface area contributed by atoms with Crippen LogP contribution >= 0.6 is 0 Å². The van der Waals surface area contributed by atoms with Crippen LogP contribution in [0.25, 0.3) is 11.0 Å². The molecule has 0 bridgehead atoms. The van der Waals surface area contributed by atoms with E-state index in [1.54, 1.807) is 6.20 Å². The van der Waals surface area contributed by atoms with Crippen molar-refractivity contribution in [3.63, 3.8) is 0 Å². The number of rotatable bonds is 2. The van der Waals surface area contributed by atoms with Crippen molar-refractivity contribution in [2.24, 2.45) is 11.3 Å². The third kappa shape index (κ3) is 1.36. The lowest BCUT2D eigenvalue weighted by Gasteiger charge is -2.21. The Hall–Kier alpha value is -2.60. The van der Waals surface area contributed by atoms with Crippen molar-refractivity contribution < 1.29 is 0 Å². The molecule has 0 amide bonds. The molecule has 2 atom stereocenters. The highest BCUT2D eigenvalue weighted by atomic mass is 15.2. The minimum atomic E-state index is 0.162. The van der Waals surface area contributed by atoms with E-state index in [-0.39, 0.29) is 5.41 Å². The van der Waals surface area contributed by atoms with Crippen LogP contribution < -0.4 is 4.90 Å². The van der Waals surface area contributed by atoms with Gasteiger partial charge >= 0.3 is 0 Å². The van der Waals surface area contributed by atoms with E-state index in [4.69, 9.17) is 5.26 Å². The zero-order valence-corrected chi connectivity index (χ0v) is 10.8. The summed E-state index contributed by atoms with van der Waals surface area (Å²) in [7, 11) is 0. The molecule has 0 aromatic carbocycles. The maximum Gasteiger partial charge on any atom is 0.144 e. The van der Waals surface area contributed by atoms with E-state index in [1.807, 2.05) is 0 Å². The number of hydrogen-bond donors (Lipinski definition) is 1. The van der Waals surface area contributed by atoms with Gasteiger partial charge in [0.05, 0.1) is 17.0 Å². The summed E-state index contributed by atoms with van der Waals surface area (Å²) in [4.78, 5) is 13.8. The van der Waals surface area contributed by atoms with E-state index in [2.05, 4.69) is 32.0 Å². The highest BCUT2D eigenvalue weighted by molar-refractivity contribution is 5.93. The molecule has 6 heteroatoms. The molecule has 2 aliphatic rings. The summed E-state index contributed by atoms with van der Waals surface area (Å²) >= 11 is 0. The van der Waals surface area contributed by atoms with Gasteiger partial charge in [-0.05, 0) is 12.3 Å². The fourth-order valence-corrected chi connectivity index (χ4v) is 3.46. The molecule has 2 fully saturated rings. The van der Waals surface area contributed by atoms with E-state index in [1.165, 1.54) is 6.33 Å². The average molecular weight is 264 g/mol. The first-order valence-corrected chi connectivity index (χ1v) is 6.61. The van der Waals surface area contributed by atoms with Crippen LogP contribution in [0.2, 0.25) is 0 Å². The summed E-state index contributed by atoms with van der Waals surface area (Å²) in [5.74, 6) is 1.41. The lowest BCUT2D eigenvalue weighted by Crippen LogP contribution is -2.25. The number of anilines is 1. The van der Waals surface area contributed by atoms with Crippen molar-refractivity contribution >= 4 is 16.9 Å². The van der Waals surface area contributed by atoms with Gasteiger partial charge in [-0.15, -0.1) is 0 Å².